The molecule has 86 valence electrons. The third kappa shape index (κ3) is 2.83. The van der Waals surface area contributed by atoms with Crippen molar-refractivity contribution >= 4 is 5.97 Å². The topological polar surface area (TPSA) is 44.6 Å². The highest BCUT2D eigenvalue weighted by molar-refractivity contribution is 5.67. The lowest BCUT2D eigenvalue weighted by atomic mass is 9.98. The number of carboxylic acids is 1. The molecule has 2 rings (SSSR count). The molecule has 0 amide bonds. The normalized spacial score (nSPS) is 25.2. The van der Waals surface area contributed by atoms with Crippen LogP contribution in [0.2, 0.25) is 0 Å². The van der Waals surface area contributed by atoms with Crippen molar-refractivity contribution in [1.29, 1.82) is 0 Å². The maximum absolute atomic E-state index is 10.8. The first kappa shape index (κ1) is 11.1. The van der Waals surface area contributed by atoms with E-state index in [9.17, 15) is 9.90 Å². The van der Waals surface area contributed by atoms with Crippen molar-refractivity contribution in [3.05, 3.63) is 35.9 Å². The number of quaternary nitrogens is 1. The third-order valence-electron chi connectivity index (χ3n) is 3.25. The fourth-order valence-corrected chi connectivity index (χ4v) is 2.40. The van der Waals surface area contributed by atoms with Crippen molar-refractivity contribution in [2.24, 2.45) is 5.92 Å². The van der Waals surface area contributed by atoms with E-state index < -0.39 is 5.97 Å². The van der Waals surface area contributed by atoms with E-state index in [0.717, 1.165) is 25.9 Å². The molecule has 3 heteroatoms. The van der Waals surface area contributed by atoms with E-state index in [1.54, 1.807) is 0 Å². The van der Waals surface area contributed by atoms with Gasteiger partial charge in [0.1, 0.15) is 6.54 Å². The Labute approximate surface area is 95.7 Å². The second kappa shape index (κ2) is 5.12. The molecular weight excluding hydrogens is 202 g/mol. The Balaban J connectivity index is 1.93. The molecule has 3 nitrogen and oxygen atoms in total. The Morgan fingerprint density at radius 3 is 2.81 bits per heavy atom. The number of carbonyl (C=O) groups is 1. The molecule has 2 atom stereocenters. The van der Waals surface area contributed by atoms with E-state index in [0.29, 0.717) is 6.54 Å². The van der Waals surface area contributed by atoms with Crippen LogP contribution in [0.15, 0.2) is 30.3 Å². The summed E-state index contributed by atoms with van der Waals surface area (Å²) < 4.78 is 0. The third-order valence-corrected chi connectivity index (χ3v) is 3.25. The summed E-state index contributed by atoms with van der Waals surface area (Å²) in [5, 5.41) is 10.8. The monoisotopic (exact) mass is 219 g/mol. The molecule has 0 spiro atoms. The van der Waals surface area contributed by atoms with Crippen LogP contribution < -0.4 is 10.0 Å². The highest BCUT2D eigenvalue weighted by Crippen LogP contribution is 2.06. The van der Waals surface area contributed by atoms with Gasteiger partial charge in [0, 0.05) is 11.5 Å². The quantitative estimate of drug-likeness (QED) is 0.725. The molecule has 1 N–H and O–H groups in total. The minimum Gasteiger partial charge on any atom is -0.550 e. The Bertz CT molecular complexity index is 350. The van der Waals surface area contributed by atoms with Gasteiger partial charge in [-0.3, -0.25) is 0 Å². The summed E-state index contributed by atoms with van der Waals surface area (Å²) in [5.41, 5.74) is 1.27. The second-order valence-electron chi connectivity index (χ2n) is 4.52. The van der Waals surface area contributed by atoms with Gasteiger partial charge in [-0.05, 0) is 12.8 Å². The minimum atomic E-state index is -0.884. The lowest BCUT2D eigenvalue weighted by Crippen LogP contribution is -3.12. The summed E-state index contributed by atoms with van der Waals surface area (Å²) in [6, 6.07) is 10.2. The van der Waals surface area contributed by atoms with Gasteiger partial charge >= 0.3 is 0 Å². The molecule has 1 saturated heterocycles. The van der Waals surface area contributed by atoms with Crippen LogP contribution in [0.4, 0.5) is 0 Å². The van der Waals surface area contributed by atoms with Crippen LogP contribution in [0.1, 0.15) is 18.4 Å². The maximum atomic E-state index is 10.8. The summed E-state index contributed by atoms with van der Waals surface area (Å²) in [6.45, 7) is 2.69. The molecular formula is C13H17NO2. The van der Waals surface area contributed by atoms with Crippen molar-refractivity contribution in [1.82, 2.24) is 0 Å². The van der Waals surface area contributed by atoms with Gasteiger partial charge in [-0.25, -0.2) is 0 Å². The fourth-order valence-electron chi connectivity index (χ4n) is 2.40. The van der Waals surface area contributed by atoms with Crippen molar-refractivity contribution in [2.45, 2.75) is 19.4 Å². The Morgan fingerprint density at radius 2 is 2.12 bits per heavy atom. The van der Waals surface area contributed by atoms with Crippen LogP contribution in [-0.2, 0) is 11.3 Å². The molecule has 0 saturated carbocycles. The van der Waals surface area contributed by atoms with Crippen LogP contribution in [0.25, 0.3) is 0 Å². The SMILES string of the molecule is O=C([O-])[C@H]1CCC[NH+](Cc2ccccc2)C1. The number of likely N-dealkylation sites (tertiary alicyclic amines) is 1. The lowest BCUT2D eigenvalue weighted by molar-refractivity contribution is -0.921. The Hall–Kier alpha value is -1.35. The van der Waals surface area contributed by atoms with Gasteiger partial charge in [0.25, 0.3) is 0 Å². The molecule has 0 aliphatic carbocycles. The van der Waals surface area contributed by atoms with E-state index in [4.69, 9.17) is 0 Å². The number of aliphatic carboxylic acids is 1. The number of carbonyl (C=O) groups excluding carboxylic acids is 1. The summed E-state index contributed by atoms with van der Waals surface area (Å²) in [6.07, 6.45) is 1.77. The molecule has 1 aromatic rings. The molecule has 1 aromatic carbocycles. The van der Waals surface area contributed by atoms with Gasteiger partial charge < -0.3 is 14.8 Å². The fraction of sp³-hybridized carbons (Fsp3) is 0.462. The van der Waals surface area contributed by atoms with E-state index in [1.807, 2.05) is 18.2 Å². The number of piperidine rings is 1. The first-order chi connectivity index (χ1) is 7.75. The van der Waals surface area contributed by atoms with Crippen molar-refractivity contribution in [3.8, 4) is 0 Å². The molecule has 0 aromatic heterocycles. The van der Waals surface area contributed by atoms with E-state index in [-0.39, 0.29) is 5.92 Å². The first-order valence-corrected chi connectivity index (χ1v) is 5.84. The highest BCUT2D eigenvalue weighted by atomic mass is 16.4. The van der Waals surface area contributed by atoms with Gasteiger partial charge in [-0.15, -0.1) is 0 Å². The zero-order chi connectivity index (χ0) is 11.4. The summed E-state index contributed by atoms with van der Waals surface area (Å²) >= 11 is 0. The molecule has 1 aliphatic rings. The average Bonchev–Trinajstić information content (AvgIpc) is 2.30. The van der Waals surface area contributed by atoms with Crippen LogP contribution in [0, 0.1) is 5.92 Å². The molecule has 1 heterocycles. The van der Waals surface area contributed by atoms with E-state index >= 15 is 0 Å². The van der Waals surface area contributed by atoms with Crippen LogP contribution in [0.3, 0.4) is 0 Å². The molecule has 1 unspecified atom stereocenters. The van der Waals surface area contributed by atoms with Gasteiger partial charge in [-0.1, -0.05) is 30.3 Å². The van der Waals surface area contributed by atoms with E-state index in [2.05, 4.69) is 12.1 Å². The molecule has 0 radical (unpaired) electrons. The number of nitrogens with one attached hydrogen (secondary N) is 1. The summed E-state index contributed by atoms with van der Waals surface area (Å²) in [7, 11) is 0. The lowest BCUT2D eigenvalue weighted by Gasteiger charge is -2.30. The molecule has 16 heavy (non-hydrogen) atoms. The van der Waals surface area contributed by atoms with Gasteiger partial charge in [-0.2, -0.15) is 0 Å². The average molecular weight is 219 g/mol. The van der Waals surface area contributed by atoms with Crippen LogP contribution in [0.5, 0.6) is 0 Å². The second-order valence-corrected chi connectivity index (χ2v) is 4.52. The van der Waals surface area contributed by atoms with Crippen LogP contribution in [-0.4, -0.2) is 19.1 Å². The summed E-state index contributed by atoms with van der Waals surface area (Å²) in [4.78, 5) is 12.2. The van der Waals surface area contributed by atoms with E-state index in [1.165, 1.54) is 10.5 Å². The number of hydrogen-bond donors (Lipinski definition) is 1. The number of benzene rings is 1. The predicted molar refractivity (Wildman–Crippen MR) is 58.6 cm³/mol. The van der Waals surface area contributed by atoms with Crippen molar-refractivity contribution in [2.75, 3.05) is 13.1 Å². The molecule has 1 aliphatic heterocycles. The van der Waals surface area contributed by atoms with Gasteiger partial charge in [0.05, 0.1) is 19.1 Å². The van der Waals surface area contributed by atoms with Crippen molar-refractivity contribution < 1.29 is 14.8 Å². The number of rotatable bonds is 3. The zero-order valence-corrected chi connectivity index (χ0v) is 9.32. The van der Waals surface area contributed by atoms with Gasteiger partial charge in [0.15, 0.2) is 0 Å². The smallest absolute Gasteiger partial charge is 0.103 e. The number of carboxylic acid groups (broad SMARTS) is 1. The first-order valence-electron chi connectivity index (χ1n) is 5.84. The predicted octanol–water partition coefficient (Wildman–Crippen LogP) is -0.769. The standard InChI is InChI=1S/C13H17NO2/c15-13(16)12-7-4-8-14(10-12)9-11-5-2-1-3-6-11/h1-3,5-6,12H,4,7-10H2,(H,15,16)/t12-/m0/s1. The Kier molecular flexibility index (Phi) is 3.57. The van der Waals surface area contributed by atoms with Crippen LogP contribution >= 0.6 is 0 Å². The van der Waals surface area contributed by atoms with Gasteiger partial charge in [0.2, 0.25) is 0 Å². The molecule has 1 fully saturated rings. The maximum Gasteiger partial charge on any atom is 0.103 e. The number of hydrogen-bond acceptors (Lipinski definition) is 2. The zero-order valence-electron chi connectivity index (χ0n) is 9.32. The minimum absolute atomic E-state index is 0.257. The molecule has 0 bridgehead atoms. The Morgan fingerprint density at radius 1 is 1.38 bits per heavy atom. The van der Waals surface area contributed by atoms with Crippen molar-refractivity contribution in [3.63, 3.8) is 0 Å². The largest absolute Gasteiger partial charge is 0.550 e. The highest BCUT2D eigenvalue weighted by Gasteiger charge is 2.23. The summed E-state index contributed by atoms with van der Waals surface area (Å²) in [5.74, 6) is -1.14.